The number of pyridine rings is 1. The number of nitrogens with one attached hydrogen (secondary N) is 1. The van der Waals surface area contributed by atoms with Gasteiger partial charge in [-0.25, -0.2) is 0 Å². The molecule has 150 valence electrons. The Labute approximate surface area is 173 Å². The van der Waals surface area contributed by atoms with E-state index in [1.807, 2.05) is 18.3 Å². The number of nitrogens with zero attached hydrogens (tertiary/aromatic N) is 2. The fourth-order valence-electron chi connectivity index (χ4n) is 3.97. The zero-order valence-corrected chi connectivity index (χ0v) is 17.3. The molecule has 4 heteroatoms. The summed E-state index contributed by atoms with van der Waals surface area (Å²) in [5, 5.41) is 3.48. The molecule has 1 aliphatic rings. The van der Waals surface area contributed by atoms with Crippen molar-refractivity contribution in [3.8, 4) is 17.0 Å². The molecule has 2 heterocycles. The van der Waals surface area contributed by atoms with Crippen LogP contribution in [0, 0.1) is 6.92 Å². The highest BCUT2D eigenvalue weighted by molar-refractivity contribution is 5.60. The highest BCUT2D eigenvalue weighted by Crippen LogP contribution is 2.27. The van der Waals surface area contributed by atoms with Crippen LogP contribution in [0.3, 0.4) is 0 Å². The first kappa shape index (κ1) is 19.5. The molecule has 0 saturated carbocycles. The molecule has 0 aliphatic carbocycles. The number of methoxy groups -OCH3 is 1. The summed E-state index contributed by atoms with van der Waals surface area (Å²) in [6, 6.07) is 21.9. The number of benzene rings is 2. The smallest absolute Gasteiger partial charge is 0.119 e. The lowest BCUT2D eigenvalue weighted by atomic mass is 10.0. The minimum Gasteiger partial charge on any atom is -0.497 e. The van der Waals surface area contributed by atoms with Crippen molar-refractivity contribution in [2.45, 2.75) is 32.4 Å². The van der Waals surface area contributed by atoms with Crippen molar-refractivity contribution in [1.82, 2.24) is 10.3 Å². The highest BCUT2D eigenvalue weighted by atomic mass is 16.5. The van der Waals surface area contributed by atoms with Gasteiger partial charge < -0.3 is 15.0 Å². The lowest BCUT2D eigenvalue weighted by molar-refractivity contribution is 0.413. The predicted molar refractivity (Wildman–Crippen MR) is 119 cm³/mol. The molecule has 3 aromatic rings. The van der Waals surface area contributed by atoms with Gasteiger partial charge in [0.05, 0.1) is 12.8 Å². The summed E-state index contributed by atoms with van der Waals surface area (Å²) in [5.74, 6) is 0.893. The number of hydrogen-bond donors (Lipinski definition) is 1. The number of anilines is 1. The molecule has 0 radical (unpaired) electrons. The van der Waals surface area contributed by atoms with Gasteiger partial charge in [-0.1, -0.05) is 29.8 Å². The predicted octanol–water partition coefficient (Wildman–Crippen LogP) is 4.82. The van der Waals surface area contributed by atoms with Gasteiger partial charge in [0.1, 0.15) is 5.75 Å². The molecule has 0 bridgehead atoms. The van der Waals surface area contributed by atoms with E-state index >= 15 is 0 Å². The van der Waals surface area contributed by atoms with Crippen molar-refractivity contribution in [3.63, 3.8) is 0 Å². The first-order valence-electron chi connectivity index (χ1n) is 10.4. The molecule has 4 rings (SSSR count). The standard InChI is InChI=1S/C25H29N3O/c1-19-3-5-21(6-4-19)25-17-20(11-16-27-25)18-28(23-12-14-26-15-13-23)22-7-9-24(29-2)10-8-22/h3-11,16-17,23,26H,12-15,18H2,1-2H3. The van der Waals surface area contributed by atoms with Gasteiger partial charge in [-0.15, -0.1) is 0 Å². The van der Waals surface area contributed by atoms with Crippen LogP contribution in [0.15, 0.2) is 66.9 Å². The van der Waals surface area contributed by atoms with Crippen molar-refractivity contribution >= 4 is 5.69 Å². The Kier molecular flexibility index (Phi) is 6.11. The van der Waals surface area contributed by atoms with Crippen molar-refractivity contribution in [1.29, 1.82) is 0 Å². The zero-order valence-electron chi connectivity index (χ0n) is 17.3. The maximum Gasteiger partial charge on any atom is 0.119 e. The van der Waals surface area contributed by atoms with Crippen molar-refractivity contribution in [2.24, 2.45) is 0 Å². The molecular weight excluding hydrogens is 358 g/mol. The summed E-state index contributed by atoms with van der Waals surface area (Å²) >= 11 is 0. The van der Waals surface area contributed by atoms with E-state index < -0.39 is 0 Å². The Morgan fingerprint density at radius 1 is 1.00 bits per heavy atom. The summed E-state index contributed by atoms with van der Waals surface area (Å²) in [6.45, 7) is 5.13. The van der Waals surface area contributed by atoms with Gasteiger partial charge in [0.15, 0.2) is 0 Å². The van der Waals surface area contributed by atoms with Crippen LogP contribution in [0.5, 0.6) is 5.75 Å². The zero-order chi connectivity index (χ0) is 20.1. The molecule has 0 amide bonds. The Balaban J connectivity index is 1.61. The van der Waals surface area contributed by atoms with Crippen LogP contribution < -0.4 is 15.0 Å². The summed E-state index contributed by atoms with van der Waals surface area (Å²) < 4.78 is 5.35. The van der Waals surface area contributed by atoms with Gasteiger partial charge in [0, 0.05) is 30.0 Å². The van der Waals surface area contributed by atoms with E-state index in [0.29, 0.717) is 6.04 Å². The van der Waals surface area contributed by atoms with E-state index in [9.17, 15) is 0 Å². The Hall–Kier alpha value is -2.85. The minimum atomic E-state index is 0.528. The molecule has 1 N–H and O–H groups in total. The highest BCUT2D eigenvalue weighted by Gasteiger charge is 2.22. The number of aromatic nitrogens is 1. The van der Waals surface area contributed by atoms with E-state index in [2.05, 4.69) is 70.7 Å². The number of aryl methyl sites for hydroxylation is 1. The van der Waals surface area contributed by atoms with Crippen LogP contribution in [0.1, 0.15) is 24.0 Å². The fraction of sp³-hybridized carbons (Fsp3) is 0.320. The molecule has 0 unspecified atom stereocenters. The maximum absolute atomic E-state index is 5.35. The van der Waals surface area contributed by atoms with E-state index in [4.69, 9.17) is 4.74 Å². The normalized spacial score (nSPS) is 14.6. The van der Waals surface area contributed by atoms with Gasteiger partial charge in [0.25, 0.3) is 0 Å². The van der Waals surface area contributed by atoms with Crippen molar-refractivity contribution in [2.75, 3.05) is 25.1 Å². The second kappa shape index (κ2) is 9.10. The average molecular weight is 388 g/mol. The molecule has 1 saturated heterocycles. The maximum atomic E-state index is 5.35. The summed E-state index contributed by atoms with van der Waals surface area (Å²) in [7, 11) is 1.71. The molecule has 4 nitrogen and oxygen atoms in total. The van der Waals surface area contributed by atoms with E-state index in [-0.39, 0.29) is 0 Å². The fourth-order valence-corrected chi connectivity index (χ4v) is 3.97. The van der Waals surface area contributed by atoms with Gasteiger partial charge in [0.2, 0.25) is 0 Å². The topological polar surface area (TPSA) is 37.4 Å². The third-order valence-electron chi connectivity index (χ3n) is 5.68. The Morgan fingerprint density at radius 3 is 2.41 bits per heavy atom. The minimum absolute atomic E-state index is 0.528. The third kappa shape index (κ3) is 4.77. The molecule has 0 atom stereocenters. The van der Waals surface area contributed by atoms with Gasteiger partial charge in [-0.3, -0.25) is 4.98 Å². The molecule has 0 spiro atoms. The van der Waals surface area contributed by atoms with Crippen LogP contribution in [0.4, 0.5) is 5.69 Å². The van der Waals surface area contributed by atoms with Crippen LogP contribution in [0.25, 0.3) is 11.3 Å². The number of ether oxygens (including phenoxy) is 1. The van der Waals surface area contributed by atoms with Gasteiger partial charge >= 0.3 is 0 Å². The van der Waals surface area contributed by atoms with Crippen molar-refractivity contribution in [3.05, 3.63) is 78.0 Å². The lowest BCUT2D eigenvalue weighted by Gasteiger charge is -2.36. The second-order valence-corrected chi connectivity index (χ2v) is 7.72. The number of piperidine rings is 1. The Bertz CT molecular complexity index is 916. The summed E-state index contributed by atoms with van der Waals surface area (Å²) in [6.07, 6.45) is 4.24. The molecule has 2 aromatic carbocycles. The quantitative estimate of drug-likeness (QED) is 0.658. The second-order valence-electron chi connectivity index (χ2n) is 7.72. The van der Waals surface area contributed by atoms with E-state index in [1.165, 1.54) is 16.8 Å². The average Bonchev–Trinajstić information content (AvgIpc) is 2.79. The lowest BCUT2D eigenvalue weighted by Crippen LogP contribution is -2.43. The largest absolute Gasteiger partial charge is 0.497 e. The molecular formula is C25H29N3O. The van der Waals surface area contributed by atoms with Gasteiger partial charge in [-0.2, -0.15) is 0 Å². The van der Waals surface area contributed by atoms with Crippen LogP contribution in [-0.4, -0.2) is 31.2 Å². The monoisotopic (exact) mass is 387 g/mol. The van der Waals surface area contributed by atoms with E-state index in [0.717, 1.165) is 49.5 Å². The molecule has 1 fully saturated rings. The molecule has 1 aromatic heterocycles. The van der Waals surface area contributed by atoms with Crippen LogP contribution in [-0.2, 0) is 6.54 Å². The first-order valence-corrected chi connectivity index (χ1v) is 10.4. The van der Waals surface area contributed by atoms with Crippen LogP contribution in [0.2, 0.25) is 0 Å². The number of hydrogen-bond acceptors (Lipinski definition) is 4. The van der Waals surface area contributed by atoms with Gasteiger partial charge in [-0.05, 0) is 74.8 Å². The molecule has 1 aliphatic heterocycles. The molecule has 29 heavy (non-hydrogen) atoms. The van der Waals surface area contributed by atoms with Crippen molar-refractivity contribution < 1.29 is 4.74 Å². The van der Waals surface area contributed by atoms with E-state index in [1.54, 1.807) is 7.11 Å². The van der Waals surface area contributed by atoms with Crippen LogP contribution >= 0.6 is 0 Å². The first-order chi connectivity index (χ1) is 14.2. The Morgan fingerprint density at radius 2 is 1.72 bits per heavy atom. The number of rotatable bonds is 6. The summed E-state index contributed by atoms with van der Waals surface area (Å²) in [4.78, 5) is 7.15. The SMILES string of the molecule is COc1ccc(N(Cc2ccnc(-c3ccc(C)cc3)c2)C2CCNCC2)cc1. The summed E-state index contributed by atoms with van der Waals surface area (Å²) in [5.41, 5.74) is 5.98. The third-order valence-corrected chi connectivity index (χ3v) is 5.68.